The normalized spacial score (nSPS) is 13.2. The van der Waals surface area contributed by atoms with Gasteiger partial charge >= 0.3 is 0 Å². The Bertz CT molecular complexity index is 595. The summed E-state index contributed by atoms with van der Waals surface area (Å²) >= 11 is 1.74. The van der Waals surface area contributed by atoms with Crippen molar-refractivity contribution >= 4 is 11.3 Å². The highest BCUT2D eigenvalue weighted by Crippen LogP contribution is 2.42. The highest BCUT2D eigenvalue weighted by Gasteiger charge is 2.22. The van der Waals surface area contributed by atoms with E-state index in [2.05, 4.69) is 0 Å². The van der Waals surface area contributed by atoms with Crippen LogP contribution in [0, 0.1) is 0 Å². The SMILES string of the molecule is COc1cccc2c1OCCc1sc(CCN)nc1-2. The van der Waals surface area contributed by atoms with E-state index in [9.17, 15) is 0 Å². The van der Waals surface area contributed by atoms with Crippen molar-refractivity contribution in [3.05, 3.63) is 28.1 Å². The third-order valence-corrected chi connectivity index (χ3v) is 4.30. The molecule has 0 bridgehead atoms. The molecule has 0 saturated carbocycles. The molecule has 1 aliphatic rings. The summed E-state index contributed by atoms with van der Waals surface area (Å²) in [6, 6.07) is 5.92. The molecule has 0 spiro atoms. The standard InChI is InChI=1S/C14H16N2O2S/c1-17-10-4-2-3-9-13-11(6-8-18-14(9)10)19-12(16-13)5-7-15/h2-4H,5-8,15H2,1H3. The Hall–Kier alpha value is -1.59. The van der Waals surface area contributed by atoms with Crippen LogP contribution in [0.2, 0.25) is 0 Å². The van der Waals surface area contributed by atoms with Gasteiger partial charge in [-0.05, 0) is 18.7 Å². The van der Waals surface area contributed by atoms with Crippen molar-refractivity contribution < 1.29 is 9.47 Å². The molecular weight excluding hydrogens is 260 g/mol. The molecule has 0 saturated heterocycles. The van der Waals surface area contributed by atoms with Gasteiger partial charge in [-0.25, -0.2) is 4.98 Å². The maximum absolute atomic E-state index is 5.83. The van der Waals surface area contributed by atoms with Gasteiger partial charge in [0.2, 0.25) is 0 Å². The highest BCUT2D eigenvalue weighted by atomic mass is 32.1. The Morgan fingerprint density at radius 2 is 2.37 bits per heavy atom. The lowest BCUT2D eigenvalue weighted by atomic mass is 10.1. The van der Waals surface area contributed by atoms with Crippen molar-refractivity contribution in [2.75, 3.05) is 20.3 Å². The molecule has 0 radical (unpaired) electrons. The number of nitrogens with zero attached hydrogens (tertiary/aromatic N) is 1. The van der Waals surface area contributed by atoms with Gasteiger partial charge in [0.15, 0.2) is 11.5 Å². The quantitative estimate of drug-likeness (QED) is 0.934. The summed E-state index contributed by atoms with van der Waals surface area (Å²) in [5.41, 5.74) is 7.66. The smallest absolute Gasteiger partial charge is 0.170 e. The highest BCUT2D eigenvalue weighted by molar-refractivity contribution is 7.12. The second kappa shape index (κ2) is 5.19. The minimum absolute atomic E-state index is 0.633. The number of rotatable bonds is 3. The number of aromatic nitrogens is 1. The minimum atomic E-state index is 0.633. The molecule has 0 fully saturated rings. The number of para-hydroxylation sites is 1. The first-order valence-corrected chi connectivity index (χ1v) is 7.14. The van der Waals surface area contributed by atoms with Crippen molar-refractivity contribution in [1.82, 2.24) is 4.98 Å². The molecule has 19 heavy (non-hydrogen) atoms. The summed E-state index contributed by atoms with van der Waals surface area (Å²) in [6.45, 7) is 1.29. The van der Waals surface area contributed by atoms with Crippen LogP contribution < -0.4 is 15.2 Å². The fourth-order valence-corrected chi connectivity index (χ4v) is 3.35. The first kappa shape index (κ1) is 12.4. The first-order valence-electron chi connectivity index (χ1n) is 6.32. The van der Waals surface area contributed by atoms with Gasteiger partial charge in [-0.2, -0.15) is 0 Å². The number of fused-ring (bicyclic) bond motifs is 3. The molecular formula is C14H16N2O2S. The largest absolute Gasteiger partial charge is 0.493 e. The third-order valence-electron chi connectivity index (χ3n) is 3.13. The van der Waals surface area contributed by atoms with Gasteiger partial charge in [-0.15, -0.1) is 11.3 Å². The van der Waals surface area contributed by atoms with E-state index in [0.29, 0.717) is 13.2 Å². The van der Waals surface area contributed by atoms with Crippen LogP contribution in [-0.2, 0) is 12.8 Å². The zero-order valence-corrected chi connectivity index (χ0v) is 11.6. The van der Waals surface area contributed by atoms with Gasteiger partial charge < -0.3 is 15.2 Å². The molecule has 3 rings (SSSR count). The van der Waals surface area contributed by atoms with Gasteiger partial charge in [0.25, 0.3) is 0 Å². The van der Waals surface area contributed by atoms with Crippen LogP contribution >= 0.6 is 11.3 Å². The zero-order valence-electron chi connectivity index (χ0n) is 10.8. The second-order valence-electron chi connectivity index (χ2n) is 4.35. The Morgan fingerprint density at radius 3 is 3.16 bits per heavy atom. The van der Waals surface area contributed by atoms with E-state index in [1.54, 1.807) is 18.4 Å². The number of ether oxygens (including phenoxy) is 2. The van der Waals surface area contributed by atoms with E-state index in [1.807, 2.05) is 18.2 Å². The van der Waals surface area contributed by atoms with E-state index < -0.39 is 0 Å². The lowest BCUT2D eigenvalue weighted by Gasteiger charge is -2.11. The Labute approximate surface area is 116 Å². The molecule has 2 N–H and O–H groups in total. The number of thiazole rings is 1. The molecule has 0 aliphatic carbocycles. The summed E-state index contributed by atoms with van der Waals surface area (Å²) in [5.74, 6) is 1.56. The summed E-state index contributed by atoms with van der Waals surface area (Å²) in [5, 5.41) is 1.10. The van der Waals surface area contributed by atoms with Crippen LogP contribution in [0.3, 0.4) is 0 Å². The van der Waals surface area contributed by atoms with Gasteiger partial charge in [0.1, 0.15) is 0 Å². The van der Waals surface area contributed by atoms with E-state index in [4.69, 9.17) is 20.2 Å². The molecule has 100 valence electrons. The molecule has 0 atom stereocenters. The van der Waals surface area contributed by atoms with E-state index in [0.717, 1.165) is 40.6 Å². The number of methoxy groups -OCH3 is 1. The number of hydrogen-bond donors (Lipinski definition) is 1. The van der Waals surface area contributed by atoms with Crippen LogP contribution in [0.1, 0.15) is 9.88 Å². The van der Waals surface area contributed by atoms with Crippen LogP contribution in [0.5, 0.6) is 11.5 Å². The van der Waals surface area contributed by atoms with Crippen molar-refractivity contribution in [2.24, 2.45) is 5.73 Å². The van der Waals surface area contributed by atoms with Gasteiger partial charge in [-0.1, -0.05) is 6.07 Å². The second-order valence-corrected chi connectivity index (χ2v) is 5.52. The molecule has 4 nitrogen and oxygen atoms in total. The fraction of sp³-hybridized carbons (Fsp3) is 0.357. The monoisotopic (exact) mass is 276 g/mol. The molecule has 2 aromatic rings. The van der Waals surface area contributed by atoms with Gasteiger partial charge in [-0.3, -0.25) is 0 Å². The number of nitrogens with two attached hydrogens (primary N) is 1. The van der Waals surface area contributed by atoms with Gasteiger partial charge in [0.05, 0.1) is 24.4 Å². The van der Waals surface area contributed by atoms with E-state index in [1.165, 1.54) is 4.88 Å². The lowest BCUT2D eigenvalue weighted by molar-refractivity contribution is 0.302. The minimum Gasteiger partial charge on any atom is -0.493 e. The van der Waals surface area contributed by atoms with Crippen LogP contribution in [0.4, 0.5) is 0 Å². The maximum atomic E-state index is 5.83. The summed E-state index contributed by atoms with van der Waals surface area (Å²) in [4.78, 5) is 5.99. The Morgan fingerprint density at radius 1 is 1.47 bits per heavy atom. The maximum Gasteiger partial charge on any atom is 0.170 e. The number of benzene rings is 1. The summed E-state index contributed by atoms with van der Waals surface area (Å²) in [7, 11) is 1.66. The average Bonchev–Trinajstić information content (AvgIpc) is 2.74. The van der Waals surface area contributed by atoms with Crippen LogP contribution in [0.15, 0.2) is 18.2 Å². The fourth-order valence-electron chi connectivity index (χ4n) is 2.27. The molecule has 0 unspecified atom stereocenters. The Balaban J connectivity index is 2.13. The van der Waals surface area contributed by atoms with Crippen molar-refractivity contribution in [2.45, 2.75) is 12.8 Å². The predicted octanol–water partition coefficient (Wildman–Crippen LogP) is 2.25. The lowest BCUT2D eigenvalue weighted by Crippen LogP contribution is -2.02. The number of hydrogen-bond acceptors (Lipinski definition) is 5. The molecule has 1 aliphatic heterocycles. The Kier molecular flexibility index (Phi) is 3.40. The van der Waals surface area contributed by atoms with E-state index in [-0.39, 0.29) is 0 Å². The molecule has 0 amide bonds. The van der Waals surface area contributed by atoms with Crippen LogP contribution in [0.25, 0.3) is 11.3 Å². The third kappa shape index (κ3) is 2.19. The summed E-state index contributed by atoms with van der Waals surface area (Å²) in [6.07, 6.45) is 1.72. The molecule has 5 heteroatoms. The first-order chi connectivity index (χ1) is 9.33. The molecule has 1 aromatic carbocycles. The molecule has 1 aromatic heterocycles. The zero-order chi connectivity index (χ0) is 13.2. The average molecular weight is 276 g/mol. The van der Waals surface area contributed by atoms with Crippen molar-refractivity contribution in [3.8, 4) is 22.8 Å². The van der Waals surface area contributed by atoms with Crippen LogP contribution in [-0.4, -0.2) is 25.2 Å². The topological polar surface area (TPSA) is 57.4 Å². The van der Waals surface area contributed by atoms with Crippen molar-refractivity contribution in [3.63, 3.8) is 0 Å². The van der Waals surface area contributed by atoms with Gasteiger partial charge in [0, 0.05) is 23.3 Å². The molecule has 2 heterocycles. The van der Waals surface area contributed by atoms with Crippen molar-refractivity contribution in [1.29, 1.82) is 0 Å². The summed E-state index contributed by atoms with van der Waals surface area (Å²) < 4.78 is 11.2. The van der Waals surface area contributed by atoms with E-state index >= 15 is 0 Å². The predicted molar refractivity (Wildman–Crippen MR) is 76.1 cm³/mol.